The van der Waals surface area contributed by atoms with E-state index in [-0.39, 0.29) is 11.7 Å². The van der Waals surface area contributed by atoms with Crippen molar-refractivity contribution in [1.29, 1.82) is 0 Å². The van der Waals surface area contributed by atoms with Gasteiger partial charge in [-0.15, -0.1) is 11.6 Å². The van der Waals surface area contributed by atoms with E-state index in [1.165, 1.54) is 0 Å². The highest BCUT2D eigenvalue weighted by atomic mass is 35.5. The molecule has 4 nitrogen and oxygen atoms in total. The molecule has 0 atom stereocenters. The van der Waals surface area contributed by atoms with Crippen LogP contribution in [0.1, 0.15) is 26.7 Å². The summed E-state index contributed by atoms with van der Waals surface area (Å²) < 4.78 is 31.7. The molecule has 16 heavy (non-hydrogen) atoms. The maximum atomic E-state index is 11.9. The topological polar surface area (TPSA) is 55.4 Å². The molecule has 0 unspecified atom stereocenters. The Morgan fingerprint density at radius 1 is 1.38 bits per heavy atom. The van der Waals surface area contributed by atoms with Crippen molar-refractivity contribution in [3.8, 4) is 0 Å². The van der Waals surface area contributed by atoms with Gasteiger partial charge in [-0.3, -0.25) is 0 Å². The van der Waals surface area contributed by atoms with Crippen molar-refractivity contribution in [2.75, 3.05) is 24.8 Å². The van der Waals surface area contributed by atoms with Gasteiger partial charge in [0, 0.05) is 19.1 Å². The minimum absolute atomic E-state index is 0.115. The lowest BCUT2D eigenvalue weighted by Gasteiger charge is -2.36. The maximum Gasteiger partial charge on any atom is 0.212 e. The minimum atomic E-state index is -3.24. The summed E-state index contributed by atoms with van der Waals surface area (Å²) in [5.74, 6) is 0.560. The number of alkyl halides is 1. The van der Waals surface area contributed by atoms with E-state index in [1.807, 2.05) is 13.8 Å². The molecule has 0 aliphatic carbocycles. The first-order valence-corrected chi connectivity index (χ1v) is 7.73. The number of rotatable bonds is 5. The fraction of sp³-hybridized carbons (Fsp3) is 1.00. The number of nitrogens with one attached hydrogen (secondary N) is 1. The van der Waals surface area contributed by atoms with E-state index in [1.54, 1.807) is 0 Å². The van der Waals surface area contributed by atoms with Crippen LogP contribution in [0.4, 0.5) is 0 Å². The molecule has 1 aliphatic heterocycles. The van der Waals surface area contributed by atoms with Gasteiger partial charge in [0.15, 0.2) is 0 Å². The molecular weight excluding hydrogens is 250 g/mol. The molecular formula is C10H20ClNO3S. The number of halogens is 1. The molecule has 0 amide bonds. The number of ether oxygens (including phenoxy) is 1. The van der Waals surface area contributed by atoms with Gasteiger partial charge in [-0.2, -0.15) is 0 Å². The third-order valence-corrected chi connectivity index (χ3v) is 4.99. The van der Waals surface area contributed by atoms with Crippen molar-refractivity contribution >= 4 is 21.6 Å². The average molecular weight is 270 g/mol. The molecule has 1 N–H and O–H groups in total. The van der Waals surface area contributed by atoms with E-state index in [0.29, 0.717) is 31.9 Å². The highest BCUT2D eigenvalue weighted by Crippen LogP contribution is 2.23. The van der Waals surface area contributed by atoms with E-state index in [2.05, 4.69) is 4.72 Å². The minimum Gasteiger partial charge on any atom is -0.381 e. The van der Waals surface area contributed by atoms with Gasteiger partial charge in [0.25, 0.3) is 0 Å². The van der Waals surface area contributed by atoms with Crippen LogP contribution >= 0.6 is 11.6 Å². The number of sulfonamides is 1. The Hall–Kier alpha value is 0.160. The van der Waals surface area contributed by atoms with Gasteiger partial charge < -0.3 is 4.74 Å². The molecule has 1 aliphatic rings. The van der Waals surface area contributed by atoms with Gasteiger partial charge >= 0.3 is 0 Å². The third kappa shape index (κ3) is 4.20. The summed E-state index contributed by atoms with van der Waals surface area (Å²) in [6, 6.07) is 0. The molecule has 1 heterocycles. The molecule has 1 fully saturated rings. The fourth-order valence-corrected chi connectivity index (χ4v) is 4.15. The molecule has 96 valence electrons. The zero-order valence-corrected chi connectivity index (χ0v) is 11.4. The Balaban J connectivity index is 2.68. The summed E-state index contributed by atoms with van der Waals surface area (Å²) in [6.07, 6.45) is 1.29. The van der Waals surface area contributed by atoms with E-state index in [4.69, 9.17) is 16.3 Å². The van der Waals surface area contributed by atoms with Crippen LogP contribution in [-0.2, 0) is 14.8 Å². The second-order valence-electron chi connectivity index (χ2n) is 4.80. The van der Waals surface area contributed by atoms with Gasteiger partial charge in [0.2, 0.25) is 10.0 Å². The lowest BCUT2D eigenvalue weighted by molar-refractivity contribution is 0.0549. The summed E-state index contributed by atoms with van der Waals surface area (Å²) >= 11 is 5.90. The summed E-state index contributed by atoms with van der Waals surface area (Å²) in [7, 11) is -3.24. The van der Waals surface area contributed by atoms with Gasteiger partial charge in [0.1, 0.15) is 0 Å². The van der Waals surface area contributed by atoms with E-state index in [0.717, 1.165) is 0 Å². The molecule has 0 aromatic carbocycles. The largest absolute Gasteiger partial charge is 0.381 e. The van der Waals surface area contributed by atoms with Crippen molar-refractivity contribution in [2.24, 2.45) is 5.92 Å². The van der Waals surface area contributed by atoms with Crippen LogP contribution in [0.5, 0.6) is 0 Å². The fourth-order valence-electron chi connectivity index (χ4n) is 1.84. The van der Waals surface area contributed by atoms with Crippen LogP contribution in [0, 0.1) is 5.92 Å². The summed E-state index contributed by atoms with van der Waals surface area (Å²) in [4.78, 5) is 0. The second kappa shape index (κ2) is 5.67. The van der Waals surface area contributed by atoms with Crippen molar-refractivity contribution in [1.82, 2.24) is 4.72 Å². The van der Waals surface area contributed by atoms with Gasteiger partial charge in [-0.05, 0) is 18.8 Å². The predicted molar refractivity (Wildman–Crippen MR) is 65.3 cm³/mol. The van der Waals surface area contributed by atoms with Gasteiger partial charge in [0.05, 0.1) is 11.3 Å². The normalized spacial score (nSPS) is 21.2. The van der Waals surface area contributed by atoms with E-state index < -0.39 is 15.6 Å². The molecule has 0 aromatic rings. The first-order valence-electron chi connectivity index (χ1n) is 5.54. The second-order valence-corrected chi connectivity index (χ2v) is 6.84. The summed E-state index contributed by atoms with van der Waals surface area (Å²) in [5.41, 5.74) is -0.506. The Bertz CT molecular complexity index is 310. The van der Waals surface area contributed by atoms with Crippen LogP contribution in [0.3, 0.4) is 0 Å². The Kier molecular flexibility index (Phi) is 5.04. The standard InChI is InChI=1S/C10H20ClNO3S/c1-9(2)7-16(13,14)12-10(8-11)3-5-15-6-4-10/h9,12H,3-8H2,1-2H3. The lowest BCUT2D eigenvalue weighted by Crippen LogP contribution is -2.54. The average Bonchev–Trinajstić information content (AvgIpc) is 2.16. The zero-order valence-electron chi connectivity index (χ0n) is 9.83. The highest BCUT2D eigenvalue weighted by molar-refractivity contribution is 7.89. The number of hydrogen-bond donors (Lipinski definition) is 1. The quantitative estimate of drug-likeness (QED) is 0.767. The molecule has 1 saturated heterocycles. The van der Waals surface area contributed by atoms with Gasteiger partial charge in [-0.25, -0.2) is 13.1 Å². The molecule has 0 bridgehead atoms. The maximum absolute atomic E-state index is 11.9. The van der Waals surface area contributed by atoms with Crippen LogP contribution in [0.15, 0.2) is 0 Å². The Morgan fingerprint density at radius 2 is 1.94 bits per heavy atom. The summed E-state index contributed by atoms with van der Waals surface area (Å²) in [6.45, 7) is 4.90. The zero-order chi connectivity index (χ0) is 12.2. The van der Waals surface area contributed by atoms with Crippen molar-refractivity contribution in [3.05, 3.63) is 0 Å². The predicted octanol–water partition coefficient (Wildman–Crippen LogP) is 1.35. The first-order chi connectivity index (χ1) is 7.39. The van der Waals surface area contributed by atoms with Crippen LogP contribution in [0.25, 0.3) is 0 Å². The van der Waals surface area contributed by atoms with Crippen molar-refractivity contribution in [3.63, 3.8) is 0 Å². The first kappa shape index (κ1) is 14.2. The van der Waals surface area contributed by atoms with Crippen molar-refractivity contribution < 1.29 is 13.2 Å². The SMILES string of the molecule is CC(C)CS(=O)(=O)NC1(CCl)CCOCC1. The third-order valence-electron chi connectivity index (χ3n) is 2.63. The molecule has 0 radical (unpaired) electrons. The number of hydrogen-bond acceptors (Lipinski definition) is 3. The van der Waals surface area contributed by atoms with Crippen LogP contribution in [-0.4, -0.2) is 38.8 Å². The molecule has 0 aromatic heterocycles. The smallest absolute Gasteiger partial charge is 0.212 e. The molecule has 0 spiro atoms. The van der Waals surface area contributed by atoms with Crippen LogP contribution in [0.2, 0.25) is 0 Å². The summed E-state index contributed by atoms with van der Waals surface area (Å²) in [5, 5.41) is 0. The van der Waals surface area contributed by atoms with E-state index in [9.17, 15) is 8.42 Å². The van der Waals surface area contributed by atoms with E-state index >= 15 is 0 Å². The Labute approximate surface area is 103 Å². The van der Waals surface area contributed by atoms with Crippen LogP contribution < -0.4 is 4.72 Å². The highest BCUT2D eigenvalue weighted by Gasteiger charge is 2.35. The lowest BCUT2D eigenvalue weighted by atomic mass is 9.94. The molecule has 1 rings (SSSR count). The Morgan fingerprint density at radius 3 is 2.38 bits per heavy atom. The molecule has 0 saturated carbocycles. The van der Waals surface area contributed by atoms with Gasteiger partial charge in [-0.1, -0.05) is 13.8 Å². The monoisotopic (exact) mass is 269 g/mol. The molecule has 6 heteroatoms. The van der Waals surface area contributed by atoms with Crippen molar-refractivity contribution in [2.45, 2.75) is 32.2 Å².